The second-order valence-electron chi connectivity index (χ2n) is 4.78. The van der Waals surface area contributed by atoms with E-state index in [4.69, 9.17) is 5.11 Å². The number of hydrogen-bond donors (Lipinski definition) is 1. The van der Waals surface area contributed by atoms with Gasteiger partial charge in [0.2, 0.25) is 0 Å². The van der Waals surface area contributed by atoms with Gasteiger partial charge in [-0.3, -0.25) is 4.79 Å². The summed E-state index contributed by atoms with van der Waals surface area (Å²) in [6.07, 6.45) is 7.81. The van der Waals surface area contributed by atoms with E-state index in [-0.39, 0.29) is 5.92 Å². The third-order valence-corrected chi connectivity index (χ3v) is 4.26. The number of fused-ring (bicyclic) bond motifs is 5. The van der Waals surface area contributed by atoms with Crippen molar-refractivity contribution in [2.45, 2.75) is 19.3 Å². The van der Waals surface area contributed by atoms with E-state index in [1.54, 1.807) is 0 Å². The van der Waals surface area contributed by atoms with Gasteiger partial charge in [0, 0.05) is 0 Å². The number of carboxylic acid groups (broad SMARTS) is 1. The highest BCUT2D eigenvalue weighted by Crippen LogP contribution is 2.56. The maximum atomic E-state index is 10.8. The largest absolute Gasteiger partial charge is 0.481 e. The lowest BCUT2D eigenvalue weighted by Crippen LogP contribution is -2.12. The number of rotatable bonds is 1. The Labute approximate surface area is 77.6 Å². The summed E-state index contributed by atoms with van der Waals surface area (Å²) in [5, 5.41) is 8.94. The van der Waals surface area contributed by atoms with Crippen LogP contribution in [0, 0.1) is 29.6 Å². The molecule has 0 radical (unpaired) electrons. The molecule has 3 aliphatic carbocycles. The van der Waals surface area contributed by atoms with Gasteiger partial charge < -0.3 is 5.11 Å². The molecule has 0 heterocycles. The monoisotopic (exact) mass is 178 g/mol. The predicted octanol–water partition coefficient (Wildman–Crippen LogP) is 1.92. The first-order valence-electron chi connectivity index (χ1n) is 5.17. The molecule has 2 bridgehead atoms. The van der Waals surface area contributed by atoms with Crippen LogP contribution in [0.2, 0.25) is 0 Å². The normalized spacial score (nSPS) is 51.2. The molecule has 2 heteroatoms. The van der Waals surface area contributed by atoms with Crippen LogP contribution in [0.1, 0.15) is 19.3 Å². The highest BCUT2D eigenvalue weighted by molar-refractivity contribution is 5.70. The average Bonchev–Trinajstić information content (AvgIpc) is 2.76. The molecule has 3 aliphatic rings. The fourth-order valence-corrected chi connectivity index (χ4v) is 3.68. The molecule has 0 aromatic heterocycles. The van der Waals surface area contributed by atoms with E-state index in [2.05, 4.69) is 12.2 Å². The van der Waals surface area contributed by atoms with E-state index in [0.29, 0.717) is 11.8 Å². The molecule has 1 N–H and O–H groups in total. The molecule has 0 spiro atoms. The fraction of sp³-hybridized carbons (Fsp3) is 0.727. The third kappa shape index (κ3) is 0.917. The van der Waals surface area contributed by atoms with Crippen molar-refractivity contribution in [3.05, 3.63) is 12.2 Å². The lowest BCUT2D eigenvalue weighted by molar-refractivity contribution is -0.141. The van der Waals surface area contributed by atoms with Crippen LogP contribution in [0.4, 0.5) is 0 Å². The minimum absolute atomic E-state index is 0.0415. The van der Waals surface area contributed by atoms with Gasteiger partial charge in [-0.05, 0) is 42.9 Å². The molecule has 0 unspecified atom stereocenters. The molecule has 0 aromatic carbocycles. The number of hydrogen-bond acceptors (Lipinski definition) is 1. The van der Waals surface area contributed by atoms with Crippen molar-refractivity contribution in [1.29, 1.82) is 0 Å². The molecule has 0 saturated heterocycles. The van der Waals surface area contributed by atoms with Crippen LogP contribution in [-0.4, -0.2) is 11.1 Å². The Kier molecular flexibility index (Phi) is 1.38. The van der Waals surface area contributed by atoms with Gasteiger partial charge in [0.1, 0.15) is 0 Å². The van der Waals surface area contributed by atoms with E-state index in [9.17, 15) is 4.79 Å². The van der Waals surface area contributed by atoms with Crippen LogP contribution >= 0.6 is 0 Å². The first-order valence-corrected chi connectivity index (χ1v) is 5.17. The van der Waals surface area contributed by atoms with Gasteiger partial charge in [-0.25, -0.2) is 0 Å². The van der Waals surface area contributed by atoms with Gasteiger partial charge in [-0.1, -0.05) is 12.2 Å². The minimum atomic E-state index is -0.575. The predicted molar refractivity (Wildman–Crippen MR) is 48.1 cm³/mol. The Bertz CT molecular complexity index is 262. The van der Waals surface area contributed by atoms with Crippen molar-refractivity contribution < 1.29 is 9.90 Å². The second kappa shape index (κ2) is 2.37. The lowest BCUT2D eigenvalue weighted by Gasteiger charge is -2.18. The van der Waals surface area contributed by atoms with Crippen LogP contribution in [0.25, 0.3) is 0 Å². The second-order valence-corrected chi connectivity index (χ2v) is 4.78. The van der Waals surface area contributed by atoms with E-state index < -0.39 is 5.97 Å². The fourth-order valence-electron chi connectivity index (χ4n) is 3.68. The number of carboxylic acids is 1. The highest BCUT2D eigenvalue weighted by Gasteiger charge is 2.50. The average molecular weight is 178 g/mol. The molecule has 0 amide bonds. The first-order chi connectivity index (χ1) is 6.25. The molecular weight excluding hydrogens is 164 g/mol. The summed E-state index contributed by atoms with van der Waals surface area (Å²) >= 11 is 0. The van der Waals surface area contributed by atoms with E-state index >= 15 is 0 Å². The summed E-state index contributed by atoms with van der Waals surface area (Å²) in [6, 6.07) is 0. The van der Waals surface area contributed by atoms with Gasteiger partial charge in [-0.15, -0.1) is 0 Å². The summed E-state index contributed by atoms with van der Waals surface area (Å²) in [6.45, 7) is 0. The quantitative estimate of drug-likeness (QED) is 0.623. The van der Waals surface area contributed by atoms with Crippen LogP contribution in [0.3, 0.4) is 0 Å². The molecule has 2 nitrogen and oxygen atoms in total. The molecule has 3 rings (SSSR count). The summed E-state index contributed by atoms with van der Waals surface area (Å²) in [5.74, 6) is 2.24. The van der Waals surface area contributed by atoms with Gasteiger partial charge in [0.05, 0.1) is 5.92 Å². The van der Waals surface area contributed by atoms with Crippen LogP contribution in [-0.2, 0) is 4.79 Å². The maximum absolute atomic E-state index is 10.8. The molecule has 4 atom stereocenters. The summed E-state index contributed by atoms with van der Waals surface area (Å²) in [7, 11) is 0. The smallest absolute Gasteiger partial charge is 0.306 e. The van der Waals surface area contributed by atoms with E-state index in [0.717, 1.165) is 24.7 Å². The molecule has 13 heavy (non-hydrogen) atoms. The van der Waals surface area contributed by atoms with E-state index in [1.807, 2.05) is 0 Å². The summed E-state index contributed by atoms with van der Waals surface area (Å²) in [4.78, 5) is 10.8. The lowest BCUT2D eigenvalue weighted by atomic mass is 9.86. The zero-order valence-corrected chi connectivity index (χ0v) is 7.52. The van der Waals surface area contributed by atoms with E-state index in [1.165, 1.54) is 6.42 Å². The zero-order chi connectivity index (χ0) is 9.00. The first kappa shape index (κ1) is 7.60. The van der Waals surface area contributed by atoms with Crippen molar-refractivity contribution in [3.63, 3.8) is 0 Å². The Morgan fingerprint density at radius 3 is 2.08 bits per heavy atom. The topological polar surface area (TPSA) is 37.3 Å². The highest BCUT2D eigenvalue weighted by atomic mass is 16.4. The Morgan fingerprint density at radius 2 is 1.62 bits per heavy atom. The van der Waals surface area contributed by atoms with Gasteiger partial charge in [0.15, 0.2) is 0 Å². The molecular formula is C11H14O2. The number of aliphatic carboxylic acids is 1. The van der Waals surface area contributed by atoms with Crippen molar-refractivity contribution in [2.24, 2.45) is 29.6 Å². The molecule has 70 valence electrons. The Morgan fingerprint density at radius 1 is 1.08 bits per heavy atom. The van der Waals surface area contributed by atoms with Crippen molar-refractivity contribution >= 4 is 5.97 Å². The van der Waals surface area contributed by atoms with Gasteiger partial charge >= 0.3 is 5.97 Å². The summed E-state index contributed by atoms with van der Waals surface area (Å²) in [5.41, 5.74) is 0. The number of allylic oxidation sites excluding steroid dienone is 2. The van der Waals surface area contributed by atoms with Gasteiger partial charge in [0.25, 0.3) is 0 Å². The van der Waals surface area contributed by atoms with Crippen LogP contribution in [0.15, 0.2) is 12.2 Å². The third-order valence-electron chi connectivity index (χ3n) is 4.26. The molecule has 0 aliphatic heterocycles. The maximum Gasteiger partial charge on any atom is 0.306 e. The van der Waals surface area contributed by atoms with Crippen LogP contribution in [0.5, 0.6) is 0 Å². The molecule has 2 saturated carbocycles. The minimum Gasteiger partial charge on any atom is -0.481 e. The van der Waals surface area contributed by atoms with Crippen molar-refractivity contribution in [3.8, 4) is 0 Å². The SMILES string of the molecule is O=C(O)C1C[C@@H]2[C@@H](C1)[C@H]1C=C[C@H]2C1. The molecule has 0 aromatic rings. The van der Waals surface area contributed by atoms with Crippen molar-refractivity contribution in [1.82, 2.24) is 0 Å². The standard InChI is InChI=1S/C11H14O2/c12-11(13)8-4-9-6-1-2-7(3-6)10(9)5-8/h1-2,6-10H,3-5H2,(H,12,13)/t6-,7-,9-,10-/m0/s1. The molecule has 2 fully saturated rings. The summed E-state index contributed by atoms with van der Waals surface area (Å²) < 4.78 is 0. The Hall–Kier alpha value is -0.790. The number of carbonyl (C=O) groups is 1. The Balaban J connectivity index is 1.82. The van der Waals surface area contributed by atoms with Crippen LogP contribution < -0.4 is 0 Å². The zero-order valence-electron chi connectivity index (χ0n) is 7.52. The van der Waals surface area contributed by atoms with Crippen molar-refractivity contribution in [2.75, 3.05) is 0 Å². The van der Waals surface area contributed by atoms with Gasteiger partial charge in [-0.2, -0.15) is 0 Å².